The summed E-state index contributed by atoms with van der Waals surface area (Å²) >= 11 is 3.53. The molecule has 114 valence electrons. The molecule has 0 bridgehead atoms. The van der Waals surface area contributed by atoms with Crippen LogP contribution in [0.1, 0.15) is 43.0 Å². The number of benzene rings is 1. The van der Waals surface area contributed by atoms with Crippen LogP contribution in [0.25, 0.3) is 0 Å². The molecule has 0 N–H and O–H groups in total. The standard InChI is InChI=1S/C17H23BrN2O/c1-13(21)16-7-6-14(18)12-17(16)20-10-8-19(9-11-20)15-4-2-3-5-15/h6-7,12,15H,2-5,8-11H2,1H3. The molecule has 0 amide bonds. The molecule has 0 unspecified atom stereocenters. The predicted molar refractivity (Wildman–Crippen MR) is 90.2 cm³/mol. The summed E-state index contributed by atoms with van der Waals surface area (Å²) in [6.07, 6.45) is 5.53. The normalized spacial score (nSPS) is 21.0. The molecule has 1 heterocycles. The minimum atomic E-state index is 0.149. The third-order valence-electron chi connectivity index (χ3n) is 4.84. The molecule has 0 aromatic heterocycles. The molecule has 2 fully saturated rings. The van der Waals surface area contributed by atoms with Crippen LogP contribution in [0, 0.1) is 0 Å². The van der Waals surface area contributed by atoms with Crippen molar-refractivity contribution in [3.8, 4) is 0 Å². The fraction of sp³-hybridized carbons (Fsp3) is 0.588. The van der Waals surface area contributed by atoms with Gasteiger partial charge < -0.3 is 4.90 Å². The van der Waals surface area contributed by atoms with E-state index in [0.29, 0.717) is 0 Å². The molecule has 1 saturated carbocycles. The number of piperazine rings is 1. The van der Waals surface area contributed by atoms with Crippen molar-refractivity contribution in [2.45, 2.75) is 38.6 Å². The number of hydrogen-bond donors (Lipinski definition) is 0. The fourth-order valence-corrected chi connectivity index (χ4v) is 4.01. The minimum absolute atomic E-state index is 0.149. The molecule has 1 aromatic rings. The topological polar surface area (TPSA) is 23.6 Å². The Balaban J connectivity index is 1.71. The molecule has 0 spiro atoms. The summed E-state index contributed by atoms with van der Waals surface area (Å²) in [6.45, 7) is 5.94. The van der Waals surface area contributed by atoms with Crippen LogP contribution in [0.2, 0.25) is 0 Å². The first kappa shape index (κ1) is 15.0. The molecule has 0 radical (unpaired) electrons. The van der Waals surface area contributed by atoms with E-state index in [0.717, 1.165) is 47.9 Å². The molecule has 1 aliphatic heterocycles. The predicted octanol–water partition coefficient (Wildman–Crippen LogP) is 3.72. The molecule has 0 atom stereocenters. The average Bonchev–Trinajstić information content (AvgIpc) is 3.01. The van der Waals surface area contributed by atoms with Crippen LogP contribution in [-0.4, -0.2) is 42.9 Å². The monoisotopic (exact) mass is 350 g/mol. The molecule has 1 saturated heterocycles. The average molecular weight is 351 g/mol. The summed E-state index contributed by atoms with van der Waals surface area (Å²) in [5, 5.41) is 0. The molecule has 1 aromatic carbocycles. The third kappa shape index (κ3) is 3.32. The third-order valence-corrected chi connectivity index (χ3v) is 5.33. The van der Waals surface area contributed by atoms with Gasteiger partial charge in [-0.1, -0.05) is 28.8 Å². The van der Waals surface area contributed by atoms with Gasteiger partial charge in [0.1, 0.15) is 0 Å². The fourth-order valence-electron chi connectivity index (χ4n) is 3.66. The smallest absolute Gasteiger partial charge is 0.161 e. The van der Waals surface area contributed by atoms with Crippen molar-refractivity contribution in [3.63, 3.8) is 0 Å². The lowest BCUT2D eigenvalue weighted by atomic mass is 10.1. The lowest BCUT2D eigenvalue weighted by Crippen LogP contribution is -2.50. The highest BCUT2D eigenvalue weighted by Gasteiger charge is 2.27. The Hall–Kier alpha value is -0.870. The van der Waals surface area contributed by atoms with E-state index in [1.54, 1.807) is 6.92 Å². The van der Waals surface area contributed by atoms with E-state index in [-0.39, 0.29) is 5.78 Å². The molecule has 3 nitrogen and oxygen atoms in total. The Kier molecular flexibility index (Phi) is 4.65. The second-order valence-corrected chi connectivity index (χ2v) is 7.09. The largest absolute Gasteiger partial charge is 0.368 e. The van der Waals surface area contributed by atoms with Gasteiger partial charge in [-0.25, -0.2) is 0 Å². The Morgan fingerprint density at radius 2 is 1.81 bits per heavy atom. The van der Waals surface area contributed by atoms with E-state index in [1.807, 2.05) is 12.1 Å². The number of rotatable bonds is 3. The van der Waals surface area contributed by atoms with Crippen LogP contribution >= 0.6 is 15.9 Å². The van der Waals surface area contributed by atoms with Gasteiger partial charge in [0.2, 0.25) is 0 Å². The van der Waals surface area contributed by atoms with Crippen LogP contribution in [0.3, 0.4) is 0 Å². The minimum Gasteiger partial charge on any atom is -0.368 e. The van der Waals surface area contributed by atoms with Gasteiger partial charge in [-0.2, -0.15) is 0 Å². The molecule has 2 aliphatic rings. The van der Waals surface area contributed by atoms with Crippen LogP contribution in [-0.2, 0) is 0 Å². The van der Waals surface area contributed by atoms with E-state index in [4.69, 9.17) is 0 Å². The quantitative estimate of drug-likeness (QED) is 0.776. The summed E-state index contributed by atoms with van der Waals surface area (Å²) in [6, 6.07) is 6.78. The maximum atomic E-state index is 11.8. The number of Topliss-reactive ketones (excluding diaryl/α,β-unsaturated/α-hetero) is 1. The maximum Gasteiger partial charge on any atom is 0.161 e. The summed E-state index contributed by atoms with van der Waals surface area (Å²) in [7, 11) is 0. The zero-order valence-electron chi connectivity index (χ0n) is 12.6. The lowest BCUT2D eigenvalue weighted by molar-refractivity contribution is 0.101. The van der Waals surface area contributed by atoms with Crippen molar-refractivity contribution in [2.75, 3.05) is 31.1 Å². The van der Waals surface area contributed by atoms with Gasteiger partial charge >= 0.3 is 0 Å². The summed E-state index contributed by atoms with van der Waals surface area (Å²) < 4.78 is 1.04. The number of carbonyl (C=O) groups excluding carboxylic acids is 1. The van der Waals surface area contributed by atoms with E-state index >= 15 is 0 Å². The number of nitrogens with zero attached hydrogens (tertiary/aromatic N) is 2. The first-order valence-electron chi connectivity index (χ1n) is 7.94. The highest BCUT2D eigenvalue weighted by molar-refractivity contribution is 9.10. The molecule has 4 heteroatoms. The first-order valence-corrected chi connectivity index (χ1v) is 8.74. The Morgan fingerprint density at radius 3 is 2.43 bits per heavy atom. The van der Waals surface area contributed by atoms with Crippen molar-refractivity contribution in [1.29, 1.82) is 0 Å². The molecule has 3 rings (SSSR count). The molecule has 21 heavy (non-hydrogen) atoms. The summed E-state index contributed by atoms with van der Waals surface area (Å²) in [5.74, 6) is 0.149. The van der Waals surface area contributed by atoms with Crippen LogP contribution in [0.15, 0.2) is 22.7 Å². The second-order valence-electron chi connectivity index (χ2n) is 6.18. The van der Waals surface area contributed by atoms with Gasteiger partial charge in [0.25, 0.3) is 0 Å². The second kappa shape index (κ2) is 6.49. The zero-order chi connectivity index (χ0) is 14.8. The van der Waals surface area contributed by atoms with Crippen molar-refractivity contribution in [2.24, 2.45) is 0 Å². The van der Waals surface area contributed by atoms with Crippen LogP contribution < -0.4 is 4.90 Å². The van der Waals surface area contributed by atoms with Crippen molar-refractivity contribution < 1.29 is 4.79 Å². The number of ketones is 1. The SMILES string of the molecule is CC(=O)c1ccc(Br)cc1N1CCN(C2CCCC2)CC1. The van der Waals surface area contributed by atoms with Crippen molar-refractivity contribution in [1.82, 2.24) is 4.90 Å². The van der Waals surface area contributed by atoms with Gasteiger partial charge in [0.15, 0.2) is 5.78 Å². The van der Waals surface area contributed by atoms with Crippen LogP contribution in [0.4, 0.5) is 5.69 Å². The van der Waals surface area contributed by atoms with Gasteiger partial charge in [-0.15, -0.1) is 0 Å². The maximum absolute atomic E-state index is 11.8. The number of hydrogen-bond acceptors (Lipinski definition) is 3. The number of halogens is 1. The highest BCUT2D eigenvalue weighted by Crippen LogP contribution is 2.29. The Labute approximate surface area is 135 Å². The summed E-state index contributed by atoms with van der Waals surface area (Å²) in [5.41, 5.74) is 1.93. The summed E-state index contributed by atoms with van der Waals surface area (Å²) in [4.78, 5) is 16.9. The molecule has 1 aliphatic carbocycles. The van der Waals surface area contributed by atoms with Crippen molar-refractivity contribution in [3.05, 3.63) is 28.2 Å². The van der Waals surface area contributed by atoms with Gasteiger partial charge in [-0.05, 0) is 38.0 Å². The van der Waals surface area contributed by atoms with E-state index in [1.165, 1.54) is 25.7 Å². The van der Waals surface area contributed by atoms with Crippen molar-refractivity contribution >= 4 is 27.4 Å². The first-order chi connectivity index (χ1) is 10.1. The number of carbonyl (C=O) groups is 1. The Bertz CT molecular complexity index is 518. The van der Waals surface area contributed by atoms with E-state index in [2.05, 4.69) is 31.8 Å². The Morgan fingerprint density at radius 1 is 1.14 bits per heavy atom. The number of anilines is 1. The van der Waals surface area contributed by atoms with Gasteiger partial charge in [-0.3, -0.25) is 9.69 Å². The van der Waals surface area contributed by atoms with Gasteiger partial charge in [0, 0.05) is 47.9 Å². The zero-order valence-corrected chi connectivity index (χ0v) is 14.2. The van der Waals surface area contributed by atoms with E-state index in [9.17, 15) is 4.79 Å². The van der Waals surface area contributed by atoms with Gasteiger partial charge in [0.05, 0.1) is 0 Å². The molecular weight excluding hydrogens is 328 g/mol. The van der Waals surface area contributed by atoms with Crippen LogP contribution in [0.5, 0.6) is 0 Å². The highest BCUT2D eigenvalue weighted by atomic mass is 79.9. The molecular formula is C17H23BrN2O. The van der Waals surface area contributed by atoms with E-state index < -0.39 is 0 Å². The lowest BCUT2D eigenvalue weighted by Gasteiger charge is -2.39.